The van der Waals surface area contributed by atoms with E-state index in [1.807, 2.05) is 45.0 Å². The van der Waals surface area contributed by atoms with Crippen LogP contribution in [0.3, 0.4) is 0 Å². The summed E-state index contributed by atoms with van der Waals surface area (Å²) in [6.07, 6.45) is 1.41. The first-order valence-electron chi connectivity index (χ1n) is 10.2. The van der Waals surface area contributed by atoms with Crippen molar-refractivity contribution in [2.24, 2.45) is 0 Å². The molecule has 2 aromatic carbocycles. The number of hydrogen-bond acceptors (Lipinski definition) is 4. The quantitative estimate of drug-likeness (QED) is 0.721. The maximum absolute atomic E-state index is 12.3. The molecule has 0 N–H and O–H groups in total. The fourth-order valence-electron chi connectivity index (χ4n) is 3.27. The van der Waals surface area contributed by atoms with Crippen molar-refractivity contribution in [2.75, 3.05) is 26.3 Å². The summed E-state index contributed by atoms with van der Waals surface area (Å²) in [4.78, 5) is 14.0. The average Bonchev–Trinajstić information content (AvgIpc) is 2.71. The highest BCUT2D eigenvalue weighted by atomic mass is 16.6. The Balaban J connectivity index is 1.53. The van der Waals surface area contributed by atoms with Crippen LogP contribution in [0.2, 0.25) is 0 Å². The first kappa shape index (κ1) is 21.2. The Labute approximate surface area is 173 Å². The van der Waals surface area contributed by atoms with Gasteiger partial charge in [0, 0.05) is 6.54 Å². The standard InChI is InChI=1S/C24H31NO4/c1-24(2,3)29-23(26)25-15-16-27-21(17-25)18-28-22-12-8-7-11-20(22)14-13-19-9-5-4-6-10-19/h4-12,21H,13-18H2,1-3H3/t21-/m1/s1. The van der Waals surface area contributed by atoms with E-state index in [0.29, 0.717) is 26.3 Å². The molecule has 0 spiro atoms. The van der Waals surface area contributed by atoms with Crippen LogP contribution >= 0.6 is 0 Å². The summed E-state index contributed by atoms with van der Waals surface area (Å²) in [6, 6.07) is 18.6. The van der Waals surface area contributed by atoms with E-state index >= 15 is 0 Å². The summed E-state index contributed by atoms with van der Waals surface area (Å²) in [5.41, 5.74) is 1.99. The number of benzene rings is 2. The number of amides is 1. The van der Waals surface area contributed by atoms with E-state index in [4.69, 9.17) is 14.2 Å². The monoisotopic (exact) mass is 397 g/mol. The van der Waals surface area contributed by atoms with Gasteiger partial charge >= 0.3 is 6.09 Å². The lowest BCUT2D eigenvalue weighted by molar-refractivity contribution is -0.0558. The summed E-state index contributed by atoms with van der Waals surface area (Å²) >= 11 is 0. The molecule has 0 aromatic heterocycles. The van der Waals surface area contributed by atoms with Crippen LogP contribution in [0.1, 0.15) is 31.9 Å². The zero-order chi connectivity index (χ0) is 20.7. The molecular weight excluding hydrogens is 366 g/mol. The number of ether oxygens (including phenoxy) is 3. The number of carbonyl (C=O) groups is 1. The summed E-state index contributed by atoms with van der Waals surface area (Å²) in [7, 11) is 0. The molecule has 0 aliphatic carbocycles. The number of morpholine rings is 1. The number of hydrogen-bond donors (Lipinski definition) is 0. The van der Waals surface area contributed by atoms with Crippen LogP contribution in [0, 0.1) is 0 Å². The van der Waals surface area contributed by atoms with Crippen molar-refractivity contribution >= 4 is 6.09 Å². The third-order valence-electron chi connectivity index (χ3n) is 4.71. The Morgan fingerprint density at radius 3 is 2.55 bits per heavy atom. The summed E-state index contributed by atoms with van der Waals surface area (Å²) in [6.45, 7) is 7.53. The van der Waals surface area contributed by atoms with Crippen LogP contribution in [0.25, 0.3) is 0 Å². The molecule has 5 heteroatoms. The molecule has 1 saturated heterocycles. The van der Waals surface area contributed by atoms with Gasteiger partial charge in [-0.15, -0.1) is 0 Å². The predicted octanol–water partition coefficient (Wildman–Crippen LogP) is 4.49. The second kappa shape index (κ2) is 9.79. The Morgan fingerprint density at radius 2 is 1.79 bits per heavy atom. The molecule has 1 fully saturated rings. The van der Waals surface area contributed by atoms with Crippen molar-refractivity contribution in [1.82, 2.24) is 4.90 Å². The normalized spacial score (nSPS) is 17.1. The van der Waals surface area contributed by atoms with E-state index in [9.17, 15) is 4.79 Å². The molecule has 0 saturated carbocycles. The first-order chi connectivity index (χ1) is 13.9. The highest BCUT2D eigenvalue weighted by Crippen LogP contribution is 2.21. The molecule has 0 bridgehead atoms. The number of aryl methyl sites for hydroxylation is 2. The molecule has 29 heavy (non-hydrogen) atoms. The van der Waals surface area contributed by atoms with E-state index in [-0.39, 0.29) is 12.2 Å². The molecule has 0 radical (unpaired) electrons. The van der Waals surface area contributed by atoms with Crippen molar-refractivity contribution in [2.45, 2.75) is 45.3 Å². The van der Waals surface area contributed by atoms with Gasteiger partial charge in [-0.1, -0.05) is 48.5 Å². The van der Waals surface area contributed by atoms with Crippen molar-refractivity contribution in [3.63, 3.8) is 0 Å². The van der Waals surface area contributed by atoms with Gasteiger partial charge in [-0.3, -0.25) is 0 Å². The lowest BCUT2D eigenvalue weighted by atomic mass is 10.0. The maximum atomic E-state index is 12.3. The fourth-order valence-corrected chi connectivity index (χ4v) is 3.27. The van der Waals surface area contributed by atoms with Gasteiger partial charge in [0.25, 0.3) is 0 Å². The summed E-state index contributed by atoms with van der Waals surface area (Å²) < 4.78 is 17.4. The minimum Gasteiger partial charge on any atom is -0.491 e. The molecule has 1 amide bonds. The van der Waals surface area contributed by atoms with Gasteiger partial charge in [0.15, 0.2) is 0 Å². The minimum absolute atomic E-state index is 0.168. The van der Waals surface area contributed by atoms with Crippen LogP contribution in [0.15, 0.2) is 54.6 Å². The van der Waals surface area contributed by atoms with Gasteiger partial charge in [0.2, 0.25) is 0 Å². The molecule has 1 atom stereocenters. The molecule has 1 aliphatic rings. The molecule has 5 nitrogen and oxygen atoms in total. The van der Waals surface area contributed by atoms with Gasteiger partial charge in [-0.25, -0.2) is 4.79 Å². The summed E-state index contributed by atoms with van der Waals surface area (Å²) in [5.74, 6) is 0.876. The largest absolute Gasteiger partial charge is 0.491 e. The van der Waals surface area contributed by atoms with Gasteiger partial charge in [-0.2, -0.15) is 0 Å². The van der Waals surface area contributed by atoms with Crippen LogP contribution in [-0.4, -0.2) is 49.0 Å². The molecule has 156 valence electrons. The Bertz CT molecular complexity index is 785. The first-order valence-corrected chi connectivity index (χ1v) is 10.2. The molecule has 0 unspecified atom stereocenters. The number of carbonyl (C=O) groups excluding carboxylic acids is 1. The lowest BCUT2D eigenvalue weighted by Gasteiger charge is -2.34. The zero-order valence-electron chi connectivity index (χ0n) is 17.6. The third kappa shape index (κ3) is 6.79. The minimum atomic E-state index is -0.501. The predicted molar refractivity (Wildman–Crippen MR) is 113 cm³/mol. The topological polar surface area (TPSA) is 48.0 Å². The molecule has 1 heterocycles. The van der Waals surface area contributed by atoms with E-state index in [1.54, 1.807) is 4.90 Å². The Kier molecular flexibility index (Phi) is 7.15. The smallest absolute Gasteiger partial charge is 0.410 e. The van der Waals surface area contributed by atoms with Gasteiger partial charge in [-0.05, 0) is 50.8 Å². The second-order valence-electron chi connectivity index (χ2n) is 8.32. The lowest BCUT2D eigenvalue weighted by Crippen LogP contribution is -2.49. The fraction of sp³-hybridized carbons (Fsp3) is 0.458. The van der Waals surface area contributed by atoms with E-state index in [0.717, 1.165) is 18.6 Å². The van der Waals surface area contributed by atoms with Crippen LogP contribution < -0.4 is 4.74 Å². The molecular formula is C24H31NO4. The molecule has 3 rings (SSSR count). The van der Waals surface area contributed by atoms with Crippen LogP contribution in [0.4, 0.5) is 4.79 Å². The Morgan fingerprint density at radius 1 is 1.07 bits per heavy atom. The average molecular weight is 398 g/mol. The van der Waals surface area contributed by atoms with Crippen LogP contribution in [-0.2, 0) is 22.3 Å². The molecule has 1 aliphatic heterocycles. The van der Waals surface area contributed by atoms with Crippen molar-refractivity contribution < 1.29 is 19.0 Å². The van der Waals surface area contributed by atoms with Gasteiger partial charge in [0.05, 0.1) is 13.2 Å². The van der Waals surface area contributed by atoms with Gasteiger partial charge in [0.1, 0.15) is 24.1 Å². The van der Waals surface area contributed by atoms with Crippen molar-refractivity contribution in [1.29, 1.82) is 0 Å². The number of nitrogens with zero attached hydrogens (tertiary/aromatic N) is 1. The molecule has 2 aromatic rings. The highest BCUT2D eigenvalue weighted by Gasteiger charge is 2.28. The SMILES string of the molecule is CC(C)(C)OC(=O)N1CCO[C@@H](COc2ccccc2CCc2ccccc2)C1. The van der Waals surface area contributed by atoms with E-state index in [1.165, 1.54) is 11.1 Å². The summed E-state index contributed by atoms with van der Waals surface area (Å²) in [5, 5.41) is 0. The number of rotatable bonds is 6. The number of para-hydroxylation sites is 1. The van der Waals surface area contributed by atoms with Crippen LogP contribution in [0.5, 0.6) is 5.75 Å². The van der Waals surface area contributed by atoms with Crippen molar-refractivity contribution in [3.05, 3.63) is 65.7 Å². The van der Waals surface area contributed by atoms with Gasteiger partial charge < -0.3 is 19.1 Å². The zero-order valence-corrected chi connectivity index (χ0v) is 17.6. The highest BCUT2D eigenvalue weighted by molar-refractivity contribution is 5.68. The third-order valence-corrected chi connectivity index (χ3v) is 4.71. The Hall–Kier alpha value is -2.53. The maximum Gasteiger partial charge on any atom is 0.410 e. The van der Waals surface area contributed by atoms with Crippen molar-refractivity contribution in [3.8, 4) is 5.75 Å². The van der Waals surface area contributed by atoms with E-state index in [2.05, 4.69) is 30.3 Å². The second-order valence-corrected chi connectivity index (χ2v) is 8.32. The van der Waals surface area contributed by atoms with E-state index < -0.39 is 5.60 Å².